The van der Waals surface area contributed by atoms with E-state index in [1.54, 1.807) is 0 Å². The number of thiophene rings is 1. The summed E-state index contributed by atoms with van der Waals surface area (Å²) in [5, 5.41) is 6.47. The average molecular weight is 593 g/mol. The first-order chi connectivity index (χ1) is 22.3. The molecule has 0 amide bonds. The van der Waals surface area contributed by atoms with Crippen molar-refractivity contribution in [2.45, 2.75) is 12.3 Å². The van der Waals surface area contributed by atoms with Crippen molar-refractivity contribution >= 4 is 71.1 Å². The molecule has 0 saturated heterocycles. The highest BCUT2D eigenvalue weighted by molar-refractivity contribution is 7.20. The minimum atomic E-state index is 0.389. The maximum Gasteiger partial charge on any atom is 0.0788 e. The van der Waals surface area contributed by atoms with Crippen LogP contribution >= 0.6 is 11.3 Å². The summed E-state index contributed by atoms with van der Waals surface area (Å²) in [6.07, 6.45) is 5.73. The van der Waals surface area contributed by atoms with Gasteiger partial charge in [-0.05, 0) is 65.4 Å². The van der Waals surface area contributed by atoms with E-state index in [4.69, 9.17) is 0 Å². The number of hydrogen-bond acceptors (Lipinski definition) is 1. The SMILES string of the molecule is C1=Cc2sc3cc(-n4c5ccccc5c5ccc6c7ccccc7n(-c7ccccc7)c6c54)ccc3c2C(c2ccccc2)C1. The lowest BCUT2D eigenvalue weighted by atomic mass is 9.84. The molecule has 0 fully saturated rings. The van der Waals surface area contributed by atoms with Crippen LogP contribution in [0.25, 0.3) is 71.1 Å². The average Bonchev–Trinajstić information content (AvgIpc) is 3.76. The van der Waals surface area contributed by atoms with Crippen LogP contribution in [-0.4, -0.2) is 9.13 Å². The molecule has 6 aromatic carbocycles. The number of allylic oxidation sites excluding steroid dienone is 1. The van der Waals surface area contributed by atoms with Crippen molar-refractivity contribution in [2.75, 3.05) is 0 Å². The third-order valence-electron chi connectivity index (χ3n) is 9.67. The van der Waals surface area contributed by atoms with Crippen molar-refractivity contribution in [1.82, 2.24) is 9.13 Å². The van der Waals surface area contributed by atoms with Gasteiger partial charge in [0.1, 0.15) is 0 Å². The Balaban J connectivity index is 1.30. The first-order valence-corrected chi connectivity index (χ1v) is 16.5. The maximum atomic E-state index is 2.51. The highest BCUT2D eigenvalue weighted by Gasteiger charge is 2.25. The summed E-state index contributed by atoms with van der Waals surface area (Å²) in [7, 11) is 0. The third kappa shape index (κ3) is 3.56. The summed E-state index contributed by atoms with van der Waals surface area (Å²) in [5.74, 6) is 0.389. The molecule has 3 heterocycles. The molecule has 1 aliphatic rings. The van der Waals surface area contributed by atoms with E-state index < -0.39 is 0 Å². The highest BCUT2D eigenvalue weighted by atomic mass is 32.1. The van der Waals surface area contributed by atoms with Gasteiger partial charge in [0.05, 0.1) is 22.1 Å². The van der Waals surface area contributed by atoms with Crippen LogP contribution in [0.1, 0.15) is 28.3 Å². The molecule has 0 aliphatic heterocycles. The maximum absolute atomic E-state index is 2.51. The van der Waals surface area contributed by atoms with Gasteiger partial charge in [0.25, 0.3) is 0 Å². The van der Waals surface area contributed by atoms with Crippen molar-refractivity contribution in [2.24, 2.45) is 0 Å². The fourth-order valence-electron chi connectivity index (χ4n) is 7.78. The van der Waals surface area contributed by atoms with Crippen molar-refractivity contribution in [3.63, 3.8) is 0 Å². The second kappa shape index (κ2) is 9.56. The predicted molar refractivity (Wildman–Crippen MR) is 192 cm³/mol. The standard InChI is InChI=1S/C42H28N2S/c1-3-12-27(13-4-1)30-18-11-21-38-40(30)35-23-22-29(26-39(35)45-38)44-37-20-10-8-17-32(37)34-25-24-33-31-16-7-9-19-36(31)43(41(33)42(34)44)28-14-5-2-6-15-28/h1-17,19-26,30H,18H2. The quantitative estimate of drug-likeness (QED) is 0.193. The Morgan fingerprint density at radius 1 is 0.511 bits per heavy atom. The number of rotatable bonds is 3. The molecule has 0 bridgehead atoms. The second-order valence-electron chi connectivity index (χ2n) is 12.1. The van der Waals surface area contributed by atoms with E-state index in [0.29, 0.717) is 5.92 Å². The van der Waals surface area contributed by atoms with E-state index in [-0.39, 0.29) is 0 Å². The molecule has 0 N–H and O–H groups in total. The molecule has 0 radical (unpaired) electrons. The summed E-state index contributed by atoms with van der Waals surface area (Å²) >= 11 is 1.92. The van der Waals surface area contributed by atoms with Crippen molar-refractivity contribution < 1.29 is 0 Å². The summed E-state index contributed by atoms with van der Waals surface area (Å²) in [5.41, 5.74) is 10.2. The number of aromatic nitrogens is 2. The van der Waals surface area contributed by atoms with Crippen molar-refractivity contribution in [3.8, 4) is 11.4 Å². The van der Waals surface area contributed by atoms with E-state index in [0.717, 1.165) is 6.42 Å². The van der Waals surface area contributed by atoms with Gasteiger partial charge in [-0.3, -0.25) is 0 Å². The van der Waals surface area contributed by atoms with Gasteiger partial charge in [-0.15, -0.1) is 11.3 Å². The Morgan fingerprint density at radius 3 is 1.78 bits per heavy atom. The minimum absolute atomic E-state index is 0.389. The van der Waals surface area contributed by atoms with E-state index in [1.807, 2.05) is 11.3 Å². The molecule has 3 aromatic heterocycles. The normalized spacial score (nSPS) is 14.7. The molecule has 212 valence electrons. The molecule has 1 unspecified atom stereocenters. The predicted octanol–water partition coefficient (Wildman–Crippen LogP) is 11.6. The van der Waals surface area contributed by atoms with E-state index in [2.05, 4.69) is 161 Å². The lowest BCUT2D eigenvalue weighted by molar-refractivity contribution is 0.832. The lowest BCUT2D eigenvalue weighted by Gasteiger charge is -2.20. The molecule has 45 heavy (non-hydrogen) atoms. The van der Waals surface area contributed by atoms with Gasteiger partial charge in [0.2, 0.25) is 0 Å². The molecule has 10 rings (SSSR count). The van der Waals surface area contributed by atoms with Crippen LogP contribution in [0.4, 0.5) is 0 Å². The van der Waals surface area contributed by atoms with Crippen molar-refractivity contribution in [3.05, 3.63) is 162 Å². The van der Waals surface area contributed by atoms with E-state index in [9.17, 15) is 0 Å². The van der Waals surface area contributed by atoms with Gasteiger partial charge >= 0.3 is 0 Å². The zero-order chi connectivity index (χ0) is 29.5. The Kier molecular flexibility index (Phi) is 5.31. The van der Waals surface area contributed by atoms with E-state index in [1.165, 1.54) is 81.1 Å². The molecular weight excluding hydrogens is 565 g/mol. The van der Waals surface area contributed by atoms with Crippen LogP contribution in [0.5, 0.6) is 0 Å². The fraction of sp³-hybridized carbons (Fsp3) is 0.0476. The van der Waals surface area contributed by atoms with Gasteiger partial charge in [0, 0.05) is 48.4 Å². The zero-order valence-corrected chi connectivity index (χ0v) is 25.3. The molecule has 9 aromatic rings. The van der Waals surface area contributed by atoms with Gasteiger partial charge in [0.15, 0.2) is 0 Å². The first-order valence-electron chi connectivity index (χ1n) is 15.6. The topological polar surface area (TPSA) is 9.86 Å². The van der Waals surface area contributed by atoms with Crippen LogP contribution in [0.3, 0.4) is 0 Å². The van der Waals surface area contributed by atoms with Gasteiger partial charge < -0.3 is 9.13 Å². The van der Waals surface area contributed by atoms with Crippen LogP contribution in [0, 0.1) is 0 Å². The number of fused-ring (bicyclic) bond motifs is 10. The second-order valence-corrected chi connectivity index (χ2v) is 13.1. The smallest absolute Gasteiger partial charge is 0.0788 e. The zero-order valence-electron chi connectivity index (χ0n) is 24.5. The summed E-state index contributed by atoms with van der Waals surface area (Å²) < 4.78 is 6.31. The van der Waals surface area contributed by atoms with Crippen LogP contribution in [-0.2, 0) is 0 Å². The highest BCUT2D eigenvalue weighted by Crippen LogP contribution is 2.46. The molecule has 3 heteroatoms. The van der Waals surface area contributed by atoms with Crippen molar-refractivity contribution in [1.29, 1.82) is 0 Å². The fourth-order valence-corrected chi connectivity index (χ4v) is 9.01. The van der Waals surface area contributed by atoms with Gasteiger partial charge in [-0.2, -0.15) is 0 Å². The van der Waals surface area contributed by atoms with Crippen LogP contribution in [0.15, 0.2) is 146 Å². The van der Waals surface area contributed by atoms with Crippen LogP contribution < -0.4 is 0 Å². The molecular formula is C42H28N2S. The van der Waals surface area contributed by atoms with E-state index >= 15 is 0 Å². The number of nitrogens with zero attached hydrogens (tertiary/aromatic N) is 2. The summed E-state index contributed by atoms with van der Waals surface area (Å²) in [6.45, 7) is 0. The van der Waals surface area contributed by atoms with Crippen LogP contribution in [0.2, 0.25) is 0 Å². The Hall–Kier alpha value is -5.38. The molecule has 2 nitrogen and oxygen atoms in total. The number of hydrogen-bond donors (Lipinski definition) is 0. The minimum Gasteiger partial charge on any atom is -0.307 e. The summed E-state index contributed by atoms with van der Waals surface area (Å²) in [6, 6.07) is 51.3. The molecule has 0 saturated carbocycles. The lowest BCUT2D eigenvalue weighted by Crippen LogP contribution is -2.03. The molecule has 1 atom stereocenters. The number of benzene rings is 6. The number of para-hydroxylation sites is 3. The first kappa shape index (κ1) is 25.0. The largest absolute Gasteiger partial charge is 0.307 e. The Morgan fingerprint density at radius 2 is 1.09 bits per heavy atom. The van der Waals surface area contributed by atoms with Gasteiger partial charge in [-0.25, -0.2) is 0 Å². The molecule has 1 aliphatic carbocycles. The monoisotopic (exact) mass is 592 g/mol. The third-order valence-corrected chi connectivity index (χ3v) is 10.8. The van der Waals surface area contributed by atoms with Gasteiger partial charge in [-0.1, -0.05) is 109 Å². The summed E-state index contributed by atoms with van der Waals surface area (Å²) in [4.78, 5) is 1.39. The Labute approximate surface area is 264 Å². The molecule has 0 spiro atoms. The Bertz CT molecular complexity index is 2620.